The molecule has 0 aromatic carbocycles. The first-order valence-electron chi connectivity index (χ1n) is 4.98. The molecule has 0 spiro atoms. The Bertz CT molecular complexity index is 661. The van der Waals surface area contributed by atoms with Crippen molar-refractivity contribution in [2.75, 3.05) is 6.54 Å². The highest BCUT2D eigenvalue weighted by Gasteiger charge is 2.26. The second-order valence-corrected chi connectivity index (χ2v) is 8.02. The fraction of sp³-hybridized carbons (Fsp3) is 0.333. The second kappa shape index (κ2) is 6.16. The molecule has 0 saturated heterocycles. The summed E-state index contributed by atoms with van der Waals surface area (Å²) in [5, 5.41) is 7.96. The largest absolute Gasteiger partial charge is 0.401 e. The van der Waals surface area contributed by atoms with Crippen molar-refractivity contribution in [2.24, 2.45) is 5.14 Å². The van der Waals surface area contributed by atoms with Crippen molar-refractivity contribution in [3.8, 4) is 0 Å². The van der Waals surface area contributed by atoms with Crippen LogP contribution in [0, 0.1) is 0 Å². The SMILES string of the molecule is Cl.NS(=O)(=O)c1cc2cc(CNCC(F)(F)F)sc2s1. The fourth-order valence-electron chi connectivity index (χ4n) is 1.42. The van der Waals surface area contributed by atoms with Gasteiger partial charge in [0.15, 0.2) is 0 Å². The third-order valence-corrected chi connectivity index (χ3v) is 5.96. The molecule has 0 aliphatic heterocycles. The maximum atomic E-state index is 11.9. The number of nitrogens with two attached hydrogens (primary N) is 1. The van der Waals surface area contributed by atoms with Crippen molar-refractivity contribution in [1.29, 1.82) is 0 Å². The summed E-state index contributed by atoms with van der Waals surface area (Å²) in [4.78, 5) is 0.714. The molecular weight excluding hydrogens is 357 g/mol. The topological polar surface area (TPSA) is 72.2 Å². The number of nitrogens with one attached hydrogen (secondary N) is 1. The van der Waals surface area contributed by atoms with E-state index >= 15 is 0 Å². The summed E-state index contributed by atoms with van der Waals surface area (Å²) in [7, 11) is -3.72. The van der Waals surface area contributed by atoms with Gasteiger partial charge in [-0.15, -0.1) is 35.1 Å². The van der Waals surface area contributed by atoms with Crippen molar-refractivity contribution >= 4 is 54.5 Å². The molecule has 2 rings (SSSR count). The van der Waals surface area contributed by atoms with Crippen LogP contribution in [0.15, 0.2) is 16.3 Å². The molecule has 2 heterocycles. The minimum absolute atomic E-state index is 0. The standard InChI is InChI=1S/C9H9F3N2O2S3.ClH/c10-9(11,12)4-14-3-6-1-5-2-7(19(13,15)16)18-8(5)17-6;/h1-2,14H,3-4H2,(H2,13,15,16);1H. The molecule has 11 heteroatoms. The molecule has 0 fully saturated rings. The van der Waals surface area contributed by atoms with Gasteiger partial charge in [0.05, 0.1) is 10.6 Å². The van der Waals surface area contributed by atoms with Gasteiger partial charge in [0.1, 0.15) is 4.21 Å². The number of alkyl halides is 3. The van der Waals surface area contributed by atoms with E-state index in [0.29, 0.717) is 10.3 Å². The van der Waals surface area contributed by atoms with Crippen molar-refractivity contribution in [3.63, 3.8) is 0 Å². The van der Waals surface area contributed by atoms with Crippen molar-refractivity contribution in [1.82, 2.24) is 5.32 Å². The smallest absolute Gasteiger partial charge is 0.304 e. The van der Waals surface area contributed by atoms with Gasteiger partial charge in [-0.3, -0.25) is 0 Å². The Hall–Kier alpha value is -0.390. The summed E-state index contributed by atoms with van der Waals surface area (Å²) in [5.41, 5.74) is 0. The molecule has 0 aliphatic rings. The number of fused-ring (bicyclic) bond motifs is 1. The first-order chi connectivity index (χ1) is 8.65. The predicted molar refractivity (Wildman–Crippen MR) is 76.1 cm³/mol. The number of hydrogen-bond acceptors (Lipinski definition) is 5. The van der Waals surface area contributed by atoms with Crippen LogP contribution in [0.4, 0.5) is 13.2 Å². The molecule has 4 nitrogen and oxygen atoms in total. The van der Waals surface area contributed by atoms with Crippen LogP contribution in [0.25, 0.3) is 9.40 Å². The third-order valence-electron chi connectivity index (χ3n) is 2.15. The maximum absolute atomic E-state index is 11.9. The van der Waals surface area contributed by atoms with Crippen LogP contribution in [0.3, 0.4) is 0 Å². The number of hydrogen-bond donors (Lipinski definition) is 2. The zero-order valence-corrected chi connectivity index (χ0v) is 13.0. The molecule has 0 bridgehead atoms. The van der Waals surface area contributed by atoms with Crippen LogP contribution in [-0.4, -0.2) is 21.1 Å². The molecule has 0 saturated carbocycles. The number of rotatable bonds is 4. The zero-order valence-electron chi connectivity index (χ0n) is 9.73. The molecule has 2 aromatic rings. The molecule has 0 aliphatic carbocycles. The summed E-state index contributed by atoms with van der Waals surface area (Å²) in [5.74, 6) is 0. The Morgan fingerprint density at radius 3 is 2.40 bits per heavy atom. The van der Waals surface area contributed by atoms with Gasteiger partial charge >= 0.3 is 6.18 Å². The van der Waals surface area contributed by atoms with E-state index in [0.717, 1.165) is 15.4 Å². The highest BCUT2D eigenvalue weighted by Crippen LogP contribution is 2.35. The van der Waals surface area contributed by atoms with E-state index in [4.69, 9.17) is 5.14 Å². The lowest BCUT2D eigenvalue weighted by Gasteiger charge is -2.06. The van der Waals surface area contributed by atoms with Gasteiger partial charge in [-0.2, -0.15) is 13.2 Å². The second-order valence-electron chi connectivity index (χ2n) is 3.78. The number of halogens is 4. The van der Waals surface area contributed by atoms with E-state index in [-0.39, 0.29) is 23.2 Å². The van der Waals surface area contributed by atoms with Crippen molar-refractivity contribution in [2.45, 2.75) is 16.9 Å². The van der Waals surface area contributed by atoms with E-state index < -0.39 is 22.7 Å². The summed E-state index contributed by atoms with van der Waals surface area (Å²) < 4.78 is 58.9. The van der Waals surface area contributed by atoms with Gasteiger partial charge in [-0.25, -0.2) is 13.6 Å². The minimum atomic E-state index is -4.24. The van der Waals surface area contributed by atoms with Gasteiger partial charge in [-0.05, 0) is 12.1 Å². The van der Waals surface area contributed by atoms with Gasteiger partial charge in [0, 0.05) is 16.8 Å². The van der Waals surface area contributed by atoms with Gasteiger partial charge in [-0.1, -0.05) is 0 Å². The Morgan fingerprint density at radius 2 is 1.90 bits per heavy atom. The van der Waals surface area contributed by atoms with Gasteiger partial charge < -0.3 is 5.32 Å². The fourth-order valence-corrected chi connectivity index (χ4v) is 4.78. The lowest BCUT2D eigenvalue weighted by atomic mass is 10.3. The monoisotopic (exact) mass is 366 g/mol. The molecule has 0 atom stereocenters. The lowest BCUT2D eigenvalue weighted by Crippen LogP contribution is -2.27. The molecule has 0 unspecified atom stereocenters. The lowest BCUT2D eigenvalue weighted by molar-refractivity contribution is -0.125. The van der Waals surface area contributed by atoms with Gasteiger partial charge in [0.2, 0.25) is 10.0 Å². The quantitative estimate of drug-likeness (QED) is 0.873. The highest BCUT2D eigenvalue weighted by molar-refractivity contribution is 7.91. The predicted octanol–water partition coefficient (Wildman–Crippen LogP) is 2.68. The van der Waals surface area contributed by atoms with E-state index in [1.807, 2.05) is 0 Å². The van der Waals surface area contributed by atoms with Crippen LogP contribution in [0.2, 0.25) is 0 Å². The Kier molecular flexibility index (Phi) is 5.44. The zero-order chi connectivity index (χ0) is 14.3. The van der Waals surface area contributed by atoms with E-state index in [1.54, 1.807) is 6.07 Å². The molecule has 0 radical (unpaired) electrons. The van der Waals surface area contributed by atoms with Crippen molar-refractivity contribution < 1.29 is 21.6 Å². The average molecular weight is 367 g/mol. The number of sulfonamides is 1. The van der Waals surface area contributed by atoms with E-state index in [9.17, 15) is 21.6 Å². The molecule has 114 valence electrons. The molecule has 3 N–H and O–H groups in total. The minimum Gasteiger partial charge on any atom is -0.304 e. The van der Waals surface area contributed by atoms with E-state index in [1.165, 1.54) is 17.4 Å². The van der Waals surface area contributed by atoms with Crippen LogP contribution in [-0.2, 0) is 16.6 Å². The summed E-state index contributed by atoms with van der Waals surface area (Å²) in [6, 6.07) is 3.09. The summed E-state index contributed by atoms with van der Waals surface area (Å²) in [6.07, 6.45) is -4.24. The summed E-state index contributed by atoms with van der Waals surface area (Å²) in [6.45, 7) is -0.961. The molecule has 20 heavy (non-hydrogen) atoms. The van der Waals surface area contributed by atoms with Crippen molar-refractivity contribution in [3.05, 3.63) is 17.0 Å². The first-order valence-corrected chi connectivity index (χ1v) is 8.15. The Labute approximate surface area is 127 Å². The van der Waals surface area contributed by atoms with Crippen LogP contribution >= 0.6 is 35.1 Å². The third kappa shape index (κ3) is 4.57. The van der Waals surface area contributed by atoms with Gasteiger partial charge in [0.25, 0.3) is 0 Å². The van der Waals surface area contributed by atoms with E-state index in [2.05, 4.69) is 5.32 Å². The molecule has 0 amide bonds. The maximum Gasteiger partial charge on any atom is 0.401 e. The van der Waals surface area contributed by atoms with Crippen LogP contribution in [0.5, 0.6) is 0 Å². The Balaban J connectivity index is 0.00000200. The average Bonchev–Trinajstić information content (AvgIpc) is 2.71. The molecular formula is C9H10ClF3N2O2S3. The van der Waals surface area contributed by atoms with Crippen LogP contribution < -0.4 is 10.5 Å². The Morgan fingerprint density at radius 1 is 1.25 bits per heavy atom. The number of primary sulfonamides is 1. The highest BCUT2D eigenvalue weighted by atomic mass is 35.5. The first kappa shape index (κ1) is 17.7. The molecule has 2 aromatic heterocycles. The summed E-state index contributed by atoms with van der Waals surface area (Å²) >= 11 is 2.27. The van der Waals surface area contributed by atoms with Crippen LogP contribution in [0.1, 0.15) is 4.88 Å². The normalized spacial score (nSPS) is 12.6. The number of thiophene rings is 2.